The van der Waals surface area contributed by atoms with Crippen LogP contribution in [-0.2, 0) is 14.4 Å². The van der Waals surface area contributed by atoms with Crippen molar-refractivity contribution in [1.82, 2.24) is 14.9 Å². The molecule has 2 aromatic heterocycles. The summed E-state index contributed by atoms with van der Waals surface area (Å²) in [4.78, 5) is 48.6. The Hall–Kier alpha value is -3.99. The molecule has 2 heterocycles. The van der Waals surface area contributed by atoms with Crippen LogP contribution in [-0.4, -0.2) is 64.6 Å². The van der Waals surface area contributed by atoms with E-state index < -0.39 is 23.7 Å². The summed E-state index contributed by atoms with van der Waals surface area (Å²) < 4.78 is 12.2. The maximum Gasteiger partial charge on any atom is 0.307 e. The van der Waals surface area contributed by atoms with Crippen LogP contribution >= 0.6 is 11.3 Å². The largest absolute Gasteiger partial charge is 0.496 e. The van der Waals surface area contributed by atoms with Crippen LogP contribution in [0.5, 0.6) is 11.5 Å². The Morgan fingerprint density at radius 3 is 2.52 bits per heavy atom. The number of carboxylic acid groups (broad SMARTS) is 1. The first-order chi connectivity index (χ1) is 22.0. The van der Waals surface area contributed by atoms with Gasteiger partial charge in [-0.15, -0.1) is 11.3 Å². The van der Waals surface area contributed by atoms with Gasteiger partial charge in [0.15, 0.2) is 0 Å². The molecule has 246 valence electrons. The predicted octanol–water partition coefficient (Wildman–Crippen LogP) is 5.96. The van der Waals surface area contributed by atoms with Crippen LogP contribution in [0.3, 0.4) is 0 Å². The van der Waals surface area contributed by atoms with Gasteiger partial charge in [-0.25, -0.2) is 9.97 Å². The van der Waals surface area contributed by atoms with E-state index in [1.807, 2.05) is 42.7 Å². The van der Waals surface area contributed by atoms with Crippen molar-refractivity contribution < 1.29 is 29.0 Å². The number of benzene rings is 1. The monoisotopic (exact) mass is 648 g/mol. The molecular formula is C35H44N4O6S. The molecule has 46 heavy (non-hydrogen) atoms. The van der Waals surface area contributed by atoms with Crippen LogP contribution in [0.1, 0.15) is 69.5 Å². The fraction of sp³-hybridized carbons (Fsp3) is 0.514. The van der Waals surface area contributed by atoms with Gasteiger partial charge >= 0.3 is 5.97 Å². The number of hydrogen-bond donors (Lipinski definition) is 2. The van der Waals surface area contributed by atoms with Gasteiger partial charge in [0.05, 0.1) is 36.1 Å². The summed E-state index contributed by atoms with van der Waals surface area (Å²) in [6.45, 7) is 6.73. The number of aryl methyl sites for hydroxylation is 1. The van der Waals surface area contributed by atoms with Crippen LogP contribution in [0.2, 0.25) is 0 Å². The SMILES string of the molecule is COc1ccc2c(O[C@@H]3C[C@@H](C(N)=O)[C@H](C(=O)N(C)CCCC/C=C\[C@@H]4C[C@@H]4C(=O)O)C3)cc(-c3nc(C(C)C)cs3)nc2c1C. The zero-order chi connectivity index (χ0) is 33.1. The molecule has 5 rings (SSSR count). The zero-order valence-electron chi connectivity index (χ0n) is 27.2. The molecule has 2 saturated carbocycles. The number of allylic oxidation sites excluding steroid dienone is 2. The number of ether oxygens (including phenoxy) is 2. The fourth-order valence-electron chi connectivity index (χ4n) is 6.32. The van der Waals surface area contributed by atoms with E-state index in [0.29, 0.717) is 37.3 Å². The number of nitrogens with zero attached hydrogens (tertiary/aromatic N) is 3. The van der Waals surface area contributed by atoms with Gasteiger partial charge in [0.2, 0.25) is 11.8 Å². The molecule has 5 atom stereocenters. The molecule has 2 aliphatic carbocycles. The van der Waals surface area contributed by atoms with Gasteiger partial charge in [0.1, 0.15) is 28.3 Å². The molecule has 0 bridgehead atoms. The Morgan fingerprint density at radius 1 is 1.11 bits per heavy atom. The van der Waals surface area contributed by atoms with Crippen LogP contribution in [0.15, 0.2) is 35.7 Å². The van der Waals surface area contributed by atoms with Crippen molar-refractivity contribution in [3.8, 4) is 22.2 Å². The van der Waals surface area contributed by atoms with Crippen molar-refractivity contribution in [2.75, 3.05) is 20.7 Å². The molecule has 0 unspecified atom stereocenters. The molecule has 0 spiro atoms. The van der Waals surface area contributed by atoms with Gasteiger partial charge in [-0.1, -0.05) is 26.0 Å². The molecule has 2 fully saturated rings. The normalized spacial score (nSPS) is 22.4. The second-order valence-corrected chi connectivity index (χ2v) is 13.7. The number of primary amides is 1. The van der Waals surface area contributed by atoms with Crippen LogP contribution in [0.25, 0.3) is 21.6 Å². The van der Waals surface area contributed by atoms with E-state index in [9.17, 15) is 14.4 Å². The van der Waals surface area contributed by atoms with Crippen LogP contribution < -0.4 is 15.2 Å². The Balaban J connectivity index is 1.28. The van der Waals surface area contributed by atoms with Gasteiger partial charge in [0, 0.05) is 36.0 Å². The number of methoxy groups -OCH3 is 1. The van der Waals surface area contributed by atoms with Gasteiger partial charge in [0.25, 0.3) is 0 Å². The van der Waals surface area contributed by atoms with E-state index >= 15 is 0 Å². The third-order valence-corrected chi connectivity index (χ3v) is 10.1. The molecule has 11 heteroatoms. The second kappa shape index (κ2) is 14.2. The number of unbranched alkanes of at least 4 members (excludes halogenated alkanes) is 2. The number of amides is 2. The maximum atomic E-state index is 13.6. The minimum atomic E-state index is -0.728. The summed E-state index contributed by atoms with van der Waals surface area (Å²) in [6, 6.07) is 5.72. The Bertz CT molecular complexity index is 1630. The van der Waals surface area contributed by atoms with E-state index in [1.54, 1.807) is 19.1 Å². The average molecular weight is 649 g/mol. The standard InChI is InChI=1S/C35H44N4O6S/c1-19(2)28-18-46-33(38-28)27-17-30(23-11-12-29(44-5)20(3)31(23)37-27)45-22-15-25(32(36)40)26(16-22)34(41)39(4)13-9-7-6-8-10-21-14-24(21)35(42)43/h8,10-12,17-19,21-22,24-26H,6-7,9,13-16H2,1-5H3,(H2,36,40)(H,42,43)/b10-8-/t21-,22-,24+,25-,26-/m1/s1. The van der Waals surface area contributed by atoms with Gasteiger partial charge in [-0.2, -0.15) is 0 Å². The van der Waals surface area contributed by atoms with Crippen LogP contribution in [0, 0.1) is 30.6 Å². The Labute approximate surface area is 274 Å². The maximum absolute atomic E-state index is 13.6. The number of thiazole rings is 1. The quantitative estimate of drug-likeness (QED) is 0.161. The van der Waals surface area contributed by atoms with E-state index in [4.69, 9.17) is 30.3 Å². The van der Waals surface area contributed by atoms with Gasteiger partial charge in [-0.3, -0.25) is 14.4 Å². The molecule has 10 nitrogen and oxygen atoms in total. The number of aliphatic carboxylic acids is 1. The van der Waals surface area contributed by atoms with E-state index in [-0.39, 0.29) is 29.8 Å². The number of carbonyl (C=O) groups excluding carboxylic acids is 2. The highest BCUT2D eigenvalue weighted by Crippen LogP contribution is 2.41. The fourth-order valence-corrected chi connectivity index (χ4v) is 7.26. The molecule has 0 aliphatic heterocycles. The third kappa shape index (κ3) is 7.35. The zero-order valence-corrected chi connectivity index (χ0v) is 28.0. The van der Waals surface area contributed by atoms with Crippen molar-refractivity contribution in [2.45, 2.75) is 71.3 Å². The van der Waals surface area contributed by atoms with Crippen molar-refractivity contribution in [2.24, 2.45) is 29.4 Å². The number of hydrogen-bond acceptors (Lipinski definition) is 8. The Morgan fingerprint density at radius 2 is 1.87 bits per heavy atom. The number of aromatic nitrogens is 2. The summed E-state index contributed by atoms with van der Waals surface area (Å²) >= 11 is 1.54. The van der Waals surface area contributed by atoms with Gasteiger partial charge in [-0.05, 0) is 69.4 Å². The van der Waals surface area contributed by atoms with Crippen molar-refractivity contribution >= 4 is 40.0 Å². The molecule has 0 saturated heterocycles. The van der Waals surface area contributed by atoms with Crippen molar-refractivity contribution in [3.63, 3.8) is 0 Å². The first-order valence-electron chi connectivity index (χ1n) is 16.0. The van der Waals surface area contributed by atoms with Gasteiger partial charge < -0.3 is 25.2 Å². The molecule has 3 aromatic rings. The Kier molecular flexibility index (Phi) is 10.3. The average Bonchev–Trinajstić information content (AvgIpc) is 3.41. The summed E-state index contributed by atoms with van der Waals surface area (Å²) in [7, 11) is 3.40. The van der Waals surface area contributed by atoms with E-state index in [2.05, 4.69) is 13.8 Å². The lowest BCUT2D eigenvalue weighted by atomic mass is 9.94. The topological polar surface area (TPSA) is 145 Å². The molecule has 0 radical (unpaired) electrons. The molecule has 2 amide bonds. The highest BCUT2D eigenvalue weighted by atomic mass is 32.1. The first kappa shape index (κ1) is 33.4. The van der Waals surface area contributed by atoms with Crippen LogP contribution in [0.4, 0.5) is 0 Å². The number of nitrogens with two attached hydrogens (primary N) is 1. The minimum Gasteiger partial charge on any atom is -0.496 e. The number of fused-ring (bicyclic) bond motifs is 1. The minimum absolute atomic E-state index is 0.0995. The second-order valence-electron chi connectivity index (χ2n) is 12.9. The number of rotatable bonds is 14. The smallest absolute Gasteiger partial charge is 0.307 e. The summed E-state index contributed by atoms with van der Waals surface area (Å²) in [6.07, 6.45) is 7.63. The summed E-state index contributed by atoms with van der Waals surface area (Å²) in [5.74, 6) is -0.950. The molecule has 1 aromatic carbocycles. The summed E-state index contributed by atoms with van der Waals surface area (Å²) in [5.41, 5.74) is 9.15. The number of carboxylic acids is 1. The van der Waals surface area contributed by atoms with Crippen molar-refractivity contribution in [1.29, 1.82) is 0 Å². The van der Waals surface area contributed by atoms with Crippen molar-refractivity contribution in [3.05, 3.63) is 47.0 Å². The predicted molar refractivity (Wildman–Crippen MR) is 178 cm³/mol. The third-order valence-electron chi connectivity index (χ3n) is 9.23. The number of pyridine rings is 1. The van der Waals surface area contributed by atoms with E-state index in [1.165, 1.54) is 11.3 Å². The number of carbonyl (C=O) groups is 3. The first-order valence-corrected chi connectivity index (χ1v) is 16.9. The lowest BCUT2D eigenvalue weighted by Crippen LogP contribution is -2.39. The lowest BCUT2D eigenvalue weighted by Gasteiger charge is -2.23. The summed E-state index contributed by atoms with van der Waals surface area (Å²) in [5, 5.41) is 12.7. The molecule has 3 N–H and O–H groups in total. The highest BCUT2D eigenvalue weighted by Gasteiger charge is 2.44. The van der Waals surface area contributed by atoms with E-state index in [0.717, 1.165) is 52.2 Å². The molecule has 2 aliphatic rings. The lowest BCUT2D eigenvalue weighted by molar-refractivity contribution is -0.139. The highest BCUT2D eigenvalue weighted by molar-refractivity contribution is 7.13. The molecular weight excluding hydrogens is 604 g/mol.